The number of carbonyl (C=O) groups excluding carboxylic acids is 3. The second kappa shape index (κ2) is 7.86. The molecule has 0 saturated carbocycles. The minimum absolute atomic E-state index is 0.00802. The number of nitrogens with one attached hydrogen (secondary N) is 1. The molecule has 180 valence electrons. The summed E-state index contributed by atoms with van der Waals surface area (Å²) in [6.07, 6.45) is 0.620. The Balaban J connectivity index is 1.94. The molecule has 2 aromatic rings. The SMILES string of the molecule is COC(=O)C1=C(N)N(c2cccc(Cl)c2)C2=C(C(=O)CC(C)(C)C2)C12C(=O)Nc1ccc(Cl)cc12. The van der Waals surface area contributed by atoms with Gasteiger partial charge in [-0.1, -0.05) is 43.1 Å². The summed E-state index contributed by atoms with van der Waals surface area (Å²) in [5.74, 6) is -1.63. The summed E-state index contributed by atoms with van der Waals surface area (Å²) in [5.41, 5.74) is 6.55. The lowest BCUT2D eigenvalue weighted by Crippen LogP contribution is -2.54. The number of nitrogens with zero attached hydrogens (tertiary/aromatic N) is 1. The minimum atomic E-state index is -1.80. The molecule has 35 heavy (non-hydrogen) atoms. The third kappa shape index (κ3) is 3.29. The van der Waals surface area contributed by atoms with Gasteiger partial charge in [0.15, 0.2) is 5.78 Å². The number of hydrogen-bond donors (Lipinski definition) is 2. The van der Waals surface area contributed by atoms with Crippen LogP contribution in [0.25, 0.3) is 0 Å². The van der Waals surface area contributed by atoms with Gasteiger partial charge in [0, 0.05) is 44.7 Å². The van der Waals surface area contributed by atoms with Gasteiger partial charge in [-0.25, -0.2) is 4.79 Å². The van der Waals surface area contributed by atoms with E-state index in [1.807, 2.05) is 13.8 Å². The van der Waals surface area contributed by atoms with E-state index >= 15 is 0 Å². The van der Waals surface area contributed by atoms with Gasteiger partial charge in [0.2, 0.25) is 5.91 Å². The summed E-state index contributed by atoms with van der Waals surface area (Å²) in [6.45, 7) is 3.96. The number of Topliss-reactive ketones (excluding diaryl/α,β-unsaturated/α-hetero) is 1. The Hall–Kier alpha value is -3.29. The normalized spacial score (nSPS) is 22.8. The molecule has 1 atom stereocenters. The Bertz CT molecular complexity index is 1390. The van der Waals surface area contributed by atoms with E-state index in [1.54, 1.807) is 47.4 Å². The van der Waals surface area contributed by atoms with Gasteiger partial charge in [-0.15, -0.1) is 0 Å². The zero-order valence-corrected chi connectivity index (χ0v) is 20.9. The molecule has 2 aliphatic heterocycles. The van der Waals surface area contributed by atoms with E-state index in [9.17, 15) is 14.4 Å². The molecule has 1 unspecified atom stereocenters. The lowest BCUT2D eigenvalue weighted by atomic mass is 9.60. The standard InChI is InChI=1S/C26H23Cl2N3O4/c1-25(2)11-18-20(19(32)12-25)26(16-10-14(28)7-8-17(16)30-24(26)34)21(23(33)35-3)22(29)31(18)15-6-4-5-13(27)9-15/h4-10H,11-12,29H2,1-3H3,(H,30,34). The largest absolute Gasteiger partial charge is 0.466 e. The number of ether oxygens (including phenoxy) is 1. The number of ketones is 1. The van der Waals surface area contributed by atoms with Crippen molar-refractivity contribution in [1.29, 1.82) is 0 Å². The van der Waals surface area contributed by atoms with Crippen molar-refractivity contribution < 1.29 is 19.1 Å². The Morgan fingerprint density at radius 2 is 1.80 bits per heavy atom. The fourth-order valence-corrected chi connectivity index (χ4v) is 5.88. The zero-order chi connectivity index (χ0) is 25.3. The predicted molar refractivity (Wildman–Crippen MR) is 134 cm³/mol. The van der Waals surface area contributed by atoms with Gasteiger partial charge in [-0.05, 0) is 48.2 Å². The Kier molecular flexibility index (Phi) is 5.27. The van der Waals surface area contributed by atoms with Gasteiger partial charge < -0.3 is 15.8 Å². The van der Waals surface area contributed by atoms with Crippen LogP contribution in [0.1, 0.15) is 32.3 Å². The molecule has 1 amide bonds. The van der Waals surface area contributed by atoms with Crippen molar-refractivity contribution >= 4 is 52.2 Å². The number of amides is 1. The lowest BCUT2D eigenvalue weighted by Gasteiger charge is -2.47. The first-order valence-corrected chi connectivity index (χ1v) is 11.8. The smallest absolute Gasteiger partial charge is 0.339 e. The number of fused-ring (bicyclic) bond motifs is 3. The molecule has 1 spiro atoms. The second-order valence-electron chi connectivity index (χ2n) is 9.72. The molecule has 7 nitrogen and oxygen atoms in total. The molecular formula is C26H23Cl2N3O4. The molecule has 3 aliphatic rings. The number of allylic oxidation sites excluding steroid dienone is 1. The van der Waals surface area contributed by atoms with E-state index in [-0.39, 0.29) is 29.2 Å². The van der Waals surface area contributed by atoms with Crippen LogP contribution in [-0.4, -0.2) is 24.8 Å². The predicted octanol–water partition coefficient (Wildman–Crippen LogP) is 4.69. The molecule has 2 heterocycles. The van der Waals surface area contributed by atoms with Gasteiger partial charge >= 0.3 is 5.97 Å². The first kappa shape index (κ1) is 23.5. The van der Waals surface area contributed by atoms with Crippen LogP contribution in [-0.2, 0) is 24.5 Å². The molecule has 3 N–H and O–H groups in total. The molecule has 0 fully saturated rings. The first-order valence-electron chi connectivity index (χ1n) is 11.0. The number of nitrogens with two attached hydrogens (primary N) is 1. The summed E-state index contributed by atoms with van der Waals surface area (Å²) < 4.78 is 5.13. The summed E-state index contributed by atoms with van der Waals surface area (Å²) in [6, 6.07) is 11.8. The molecule has 0 radical (unpaired) electrons. The van der Waals surface area contributed by atoms with Crippen LogP contribution in [0.4, 0.5) is 11.4 Å². The highest BCUT2D eigenvalue weighted by Gasteiger charge is 2.63. The zero-order valence-electron chi connectivity index (χ0n) is 19.4. The van der Waals surface area contributed by atoms with Gasteiger partial charge in [0.05, 0.1) is 7.11 Å². The molecule has 2 aromatic carbocycles. The number of halogens is 2. The summed E-state index contributed by atoms with van der Waals surface area (Å²) in [7, 11) is 1.21. The van der Waals surface area contributed by atoms with Crippen LogP contribution >= 0.6 is 23.2 Å². The number of carbonyl (C=O) groups is 3. The van der Waals surface area contributed by atoms with Crippen molar-refractivity contribution in [3.05, 3.63) is 80.7 Å². The number of benzene rings is 2. The Morgan fingerprint density at radius 1 is 1.09 bits per heavy atom. The third-order valence-corrected chi connectivity index (χ3v) is 7.27. The van der Waals surface area contributed by atoms with Crippen molar-refractivity contribution in [3.63, 3.8) is 0 Å². The molecular weight excluding hydrogens is 489 g/mol. The highest BCUT2D eigenvalue weighted by molar-refractivity contribution is 6.32. The first-order chi connectivity index (χ1) is 16.5. The van der Waals surface area contributed by atoms with Crippen LogP contribution in [0.2, 0.25) is 10.0 Å². The topological polar surface area (TPSA) is 102 Å². The number of anilines is 2. The van der Waals surface area contributed by atoms with E-state index in [0.29, 0.717) is 39.1 Å². The molecule has 1 aliphatic carbocycles. The van der Waals surface area contributed by atoms with E-state index in [0.717, 1.165) is 0 Å². The van der Waals surface area contributed by atoms with Crippen LogP contribution < -0.4 is 16.0 Å². The minimum Gasteiger partial charge on any atom is -0.466 e. The number of esters is 1. The maximum Gasteiger partial charge on any atom is 0.339 e. The van der Waals surface area contributed by atoms with Crippen molar-refractivity contribution in [3.8, 4) is 0 Å². The van der Waals surface area contributed by atoms with Gasteiger partial charge in [-0.2, -0.15) is 0 Å². The maximum atomic E-state index is 13.9. The van der Waals surface area contributed by atoms with Crippen LogP contribution in [0.15, 0.2) is 65.1 Å². The molecule has 5 rings (SSSR count). The van der Waals surface area contributed by atoms with Gasteiger partial charge in [0.25, 0.3) is 0 Å². The molecule has 0 bridgehead atoms. The fourth-order valence-electron chi connectivity index (χ4n) is 5.52. The Morgan fingerprint density at radius 3 is 2.49 bits per heavy atom. The van der Waals surface area contributed by atoms with Gasteiger partial charge in [0.1, 0.15) is 16.8 Å². The number of rotatable bonds is 2. The molecule has 9 heteroatoms. The van der Waals surface area contributed by atoms with Crippen LogP contribution in [0.5, 0.6) is 0 Å². The summed E-state index contributed by atoms with van der Waals surface area (Å²) in [5, 5.41) is 3.64. The van der Waals surface area contributed by atoms with E-state index in [1.165, 1.54) is 7.11 Å². The van der Waals surface area contributed by atoms with Crippen molar-refractivity contribution in [2.45, 2.75) is 32.1 Å². The van der Waals surface area contributed by atoms with E-state index in [4.69, 9.17) is 33.7 Å². The number of hydrogen-bond acceptors (Lipinski definition) is 6. The van der Waals surface area contributed by atoms with Crippen LogP contribution in [0, 0.1) is 5.41 Å². The monoisotopic (exact) mass is 511 g/mol. The summed E-state index contributed by atoms with van der Waals surface area (Å²) in [4.78, 5) is 42.8. The fraction of sp³-hybridized carbons (Fsp3) is 0.269. The van der Waals surface area contributed by atoms with Gasteiger partial charge in [-0.3, -0.25) is 14.5 Å². The highest BCUT2D eigenvalue weighted by atomic mass is 35.5. The molecule has 0 saturated heterocycles. The van der Waals surface area contributed by atoms with E-state index < -0.39 is 22.7 Å². The van der Waals surface area contributed by atoms with Crippen LogP contribution in [0.3, 0.4) is 0 Å². The quantitative estimate of drug-likeness (QED) is 0.567. The van der Waals surface area contributed by atoms with Crippen molar-refractivity contribution in [1.82, 2.24) is 0 Å². The highest BCUT2D eigenvalue weighted by Crippen LogP contribution is 2.57. The number of methoxy groups -OCH3 is 1. The molecule has 0 aromatic heterocycles. The average molecular weight is 512 g/mol. The maximum absolute atomic E-state index is 13.9. The van der Waals surface area contributed by atoms with E-state index in [2.05, 4.69) is 5.32 Å². The summed E-state index contributed by atoms with van der Waals surface area (Å²) >= 11 is 12.6. The Labute approximate surface area is 212 Å². The average Bonchev–Trinajstić information content (AvgIpc) is 3.04. The van der Waals surface area contributed by atoms with Crippen molar-refractivity contribution in [2.24, 2.45) is 11.1 Å². The third-order valence-electron chi connectivity index (χ3n) is 6.80. The second-order valence-corrected chi connectivity index (χ2v) is 10.6. The lowest BCUT2D eigenvalue weighted by molar-refractivity contribution is -0.138. The van der Waals surface area contributed by atoms with Crippen molar-refractivity contribution in [2.75, 3.05) is 17.3 Å².